The Bertz CT molecular complexity index is 1140. The fourth-order valence-corrected chi connectivity index (χ4v) is 3.65. The van der Waals surface area contributed by atoms with E-state index in [-0.39, 0.29) is 29.2 Å². The van der Waals surface area contributed by atoms with Gasteiger partial charge in [0.15, 0.2) is 5.96 Å². The molecule has 1 atom stereocenters. The lowest BCUT2D eigenvalue weighted by Gasteiger charge is -2.22. The first-order valence-corrected chi connectivity index (χ1v) is 11.5. The van der Waals surface area contributed by atoms with Gasteiger partial charge in [0.2, 0.25) is 0 Å². The Morgan fingerprint density at radius 2 is 1.58 bits per heavy atom. The van der Waals surface area contributed by atoms with Gasteiger partial charge in [-0.1, -0.05) is 60.7 Å². The Hall–Kier alpha value is -4.40. The van der Waals surface area contributed by atoms with Crippen molar-refractivity contribution < 1.29 is 14.3 Å². The first-order chi connectivity index (χ1) is 17.4. The highest BCUT2D eigenvalue weighted by molar-refractivity contribution is 5.94. The van der Waals surface area contributed by atoms with Crippen LogP contribution in [0.1, 0.15) is 47.3 Å². The number of nitrogens with two attached hydrogens (primary N) is 2. The second-order valence-corrected chi connectivity index (χ2v) is 8.01. The first-order valence-electron chi connectivity index (χ1n) is 11.5. The number of methoxy groups -OCH3 is 1. The number of amides is 1. The van der Waals surface area contributed by atoms with Crippen LogP contribution in [-0.4, -0.2) is 42.6 Å². The Morgan fingerprint density at radius 3 is 2.08 bits per heavy atom. The van der Waals surface area contributed by atoms with Gasteiger partial charge in [-0.05, 0) is 43.0 Å². The number of hydrogen-bond donors (Lipinski definition) is 3. The molecule has 1 aromatic heterocycles. The Kier molecular flexibility index (Phi) is 11.4. The lowest BCUT2D eigenvalue weighted by atomic mass is 9.98. The summed E-state index contributed by atoms with van der Waals surface area (Å²) in [5.74, 6) is -0.337. The van der Waals surface area contributed by atoms with E-state index in [2.05, 4.69) is 15.0 Å². The maximum Gasteiger partial charge on any atom is 0.292 e. The van der Waals surface area contributed by atoms with E-state index in [0.717, 1.165) is 17.5 Å². The molecule has 190 valence electrons. The molecule has 0 saturated carbocycles. The zero-order valence-electron chi connectivity index (χ0n) is 20.5. The molecule has 0 bridgehead atoms. The number of nitrogens with one attached hydrogen (secondary N) is 1. The van der Waals surface area contributed by atoms with Crippen molar-refractivity contribution in [2.75, 3.05) is 13.7 Å². The van der Waals surface area contributed by atoms with Crippen molar-refractivity contribution in [3.8, 4) is 0 Å². The molecule has 0 saturated heterocycles. The van der Waals surface area contributed by atoms with E-state index >= 15 is 0 Å². The molecule has 3 rings (SSSR count). The number of carbonyl (C=O) groups is 2. The standard InChI is InChI=1S/C25H29N5O2.C2H4O2/c1-18(10-8-16-28-25(26)27)29-23(31)21-15-9-17-30(24(21)32)22(19-11-4-2-5-12-19)20-13-6-3-7-14-20;1-4-2-3/h2-7,9,11-15,17-18,22H,8,10,16H2,1H3,(H,29,31)(H4,26,27,28);2H,1H3. The van der Waals surface area contributed by atoms with Gasteiger partial charge in [0.05, 0.1) is 13.2 Å². The van der Waals surface area contributed by atoms with Gasteiger partial charge in [0.25, 0.3) is 17.9 Å². The molecule has 3 aromatic rings. The van der Waals surface area contributed by atoms with Gasteiger partial charge in [-0.2, -0.15) is 0 Å². The topological polar surface area (TPSA) is 142 Å². The van der Waals surface area contributed by atoms with Crippen LogP contribution in [0.3, 0.4) is 0 Å². The Labute approximate surface area is 210 Å². The zero-order valence-corrected chi connectivity index (χ0v) is 20.5. The number of aromatic nitrogens is 1. The van der Waals surface area contributed by atoms with Crippen molar-refractivity contribution >= 4 is 18.3 Å². The minimum absolute atomic E-state index is 0.0536. The Balaban J connectivity index is 0.00000106. The molecule has 1 unspecified atom stereocenters. The number of carbonyl (C=O) groups excluding carboxylic acids is 2. The quantitative estimate of drug-likeness (QED) is 0.172. The molecule has 0 radical (unpaired) electrons. The number of benzene rings is 2. The third-order valence-corrected chi connectivity index (χ3v) is 5.29. The normalized spacial score (nSPS) is 11.0. The summed E-state index contributed by atoms with van der Waals surface area (Å²) in [6.07, 6.45) is 3.14. The molecule has 1 heterocycles. The summed E-state index contributed by atoms with van der Waals surface area (Å²) in [6, 6.07) is 22.4. The fourth-order valence-electron chi connectivity index (χ4n) is 3.65. The highest BCUT2D eigenvalue weighted by Crippen LogP contribution is 2.25. The van der Waals surface area contributed by atoms with Crippen molar-refractivity contribution in [2.24, 2.45) is 16.5 Å². The summed E-state index contributed by atoms with van der Waals surface area (Å²) in [7, 11) is 1.31. The van der Waals surface area contributed by atoms with E-state index in [4.69, 9.17) is 16.3 Å². The summed E-state index contributed by atoms with van der Waals surface area (Å²) < 4.78 is 5.48. The van der Waals surface area contributed by atoms with Crippen molar-refractivity contribution in [3.05, 3.63) is 106 Å². The first kappa shape index (κ1) is 27.8. The van der Waals surface area contributed by atoms with E-state index in [1.54, 1.807) is 22.9 Å². The average Bonchev–Trinajstić information content (AvgIpc) is 2.89. The number of rotatable bonds is 10. The molecule has 0 spiro atoms. The minimum atomic E-state index is -0.390. The van der Waals surface area contributed by atoms with Crippen LogP contribution >= 0.6 is 0 Å². The molecule has 2 aromatic carbocycles. The molecule has 9 nitrogen and oxygen atoms in total. The van der Waals surface area contributed by atoms with Crippen LogP contribution in [0.5, 0.6) is 0 Å². The molecular formula is C27H33N5O4. The van der Waals surface area contributed by atoms with E-state index in [0.29, 0.717) is 19.4 Å². The number of ether oxygens (including phenoxy) is 1. The number of guanidine groups is 1. The highest BCUT2D eigenvalue weighted by atomic mass is 16.5. The van der Waals surface area contributed by atoms with Crippen LogP contribution < -0.4 is 22.3 Å². The zero-order chi connectivity index (χ0) is 26.3. The van der Waals surface area contributed by atoms with Crippen LogP contribution in [0.2, 0.25) is 0 Å². The molecular weight excluding hydrogens is 458 g/mol. The van der Waals surface area contributed by atoms with E-state index in [9.17, 15) is 9.59 Å². The van der Waals surface area contributed by atoms with Gasteiger partial charge in [0, 0.05) is 18.8 Å². The van der Waals surface area contributed by atoms with Crippen LogP contribution in [-0.2, 0) is 9.53 Å². The van der Waals surface area contributed by atoms with Crippen molar-refractivity contribution in [1.29, 1.82) is 0 Å². The molecule has 5 N–H and O–H groups in total. The van der Waals surface area contributed by atoms with Crippen LogP contribution in [0.15, 0.2) is 88.8 Å². The number of nitrogens with zero attached hydrogens (tertiary/aromatic N) is 2. The molecule has 1 amide bonds. The molecule has 0 aliphatic carbocycles. The summed E-state index contributed by atoms with van der Waals surface area (Å²) in [4.78, 5) is 39.1. The number of pyridine rings is 1. The highest BCUT2D eigenvalue weighted by Gasteiger charge is 2.21. The SMILES string of the molecule is CC(CCCN=C(N)N)NC(=O)c1cccn(C(c2ccccc2)c2ccccc2)c1=O.COC=O. The van der Waals surface area contributed by atoms with Crippen molar-refractivity contribution in [3.63, 3.8) is 0 Å². The van der Waals surface area contributed by atoms with Crippen LogP contribution in [0, 0.1) is 0 Å². The maximum absolute atomic E-state index is 13.4. The summed E-state index contributed by atoms with van der Waals surface area (Å²) in [5, 5.41) is 2.91. The van der Waals surface area contributed by atoms with Gasteiger partial charge in [-0.15, -0.1) is 0 Å². The minimum Gasteiger partial charge on any atom is -0.471 e. The van der Waals surface area contributed by atoms with E-state index in [1.807, 2.05) is 67.6 Å². The second kappa shape index (κ2) is 14.8. The third-order valence-electron chi connectivity index (χ3n) is 5.29. The van der Waals surface area contributed by atoms with Crippen LogP contribution in [0.25, 0.3) is 0 Å². The van der Waals surface area contributed by atoms with Crippen molar-refractivity contribution in [2.45, 2.75) is 31.8 Å². The summed E-state index contributed by atoms with van der Waals surface area (Å²) in [6.45, 7) is 2.77. The predicted octanol–water partition coefficient (Wildman–Crippen LogP) is 2.45. The molecule has 0 fully saturated rings. The van der Waals surface area contributed by atoms with Gasteiger partial charge in [-0.3, -0.25) is 19.4 Å². The molecule has 36 heavy (non-hydrogen) atoms. The average molecular weight is 492 g/mol. The maximum atomic E-state index is 13.4. The third kappa shape index (κ3) is 8.43. The molecule has 0 aliphatic heterocycles. The lowest BCUT2D eigenvalue weighted by Crippen LogP contribution is -2.38. The van der Waals surface area contributed by atoms with E-state index < -0.39 is 5.91 Å². The van der Waals surface area contributed by atoms with Gasteiger partial charge >= 0.3 is 0 Å². The molecule has 0 aliphatic rings. The predicted molar refractivity (Wildman–Crippen MR) is 141 cm³/mol. The van der Waals surface area contributed by atoms with E-state index in [1.165, 1.54) is 7.11 Å². The van der Waals surface area contributed by atoms with Gasteiger partial charge in [-0.25, -0.2) is 0 Å². The fraction of sp³-hybridized carbons (Fsp3) is 0.259. The Morgan fingerprint density at radius 1 is 1.03 bits per heavy atom. The van der Waals surface area contributed by atoms with Crippen molar-refractivity contribution in [1.82, 2.24) is 9.88 Å². The van der Waals surface area contributed by atoms with Gasteiger partial charge < -0.3 is 26.1 Å². The number of aliphatic imine (C=N–C) groups is 1. The lowest BCUT2D eigenvalue weighted by molar-refractivity contribution is -0.126. The summed E-state index contributed by atoms with van der Waals surface area (Å²) >= 11 is 0. The smallest absolute Gasteiger partial charge is 0.292 e. The second-order valence-electron chi connectivity index (χ2n) is 8.01. The monoisotopic (exact) mass is 491 g/mol. The summed E-state index contributed by atoms with van der Waals surface area (Å²) in [5.41, 5.74) is 12.4. The molecule has 9 heteroatoms. The van der Waals surface area contributed by atoms with Crippen LogP contribution in [0.4, 0.5) is 0 Å². The number of hydrogen-bond acceptors (Lipinski definition) is 5. The largest absolute Gasteiger partial charge is 0.471 e. The van der Waals surface area contributed by atoms with Gasteiger partial charge in [0.1, 0.15) is 5.56 Å².